The van der Waals surface area contributed by atoms with Gasteiger partial charge in [0.15, 0.2) is 0 Å². The Hall–Kier alpha value is -2.42. The van der Waals surface area contributed by atoms with Crippen LogP contribution in [0.1, 0.15) is 44.3 Å². The first-order chi connectivity index (χ1) is 15.1. The van der Waals surface area contributed by atoms with E-state index in [1.54, 1.807) is 6.20 Å². The van der Waals surface area contributed by atoms with Crippen molar-refractivity contribution >= 4 is 38.4 Å². The summed E-state index contributed by atoms with van der Waals surface area (Å²) < 4.78 is 15.8. The van der Waals surface area contributed by atoms with Crippen molar-refractivity contribution in [1.82, 2.24) is 19.5 Å². The number of nitrogen functional groups attached to an aromatic ring is 1. The fraction of sp³-hybridized carbons (Fsp3) is 0.348. The Bertz CT molecular complexity index is 1230. The Morgan fingerprint density at radius 3 is 2.87 bits per heavy atom. The molecule has 0 amide bonds. The number of imidazole rings is 1. The first kappa shape index (κ1) is 20.5. The summed E-state index contributed by atoms with van der Waals surface area (Å²) in [5.74, 6) is 2.28. The molecule has 6 nitrogen and oxygen atoms in total. The second-order valence-electron chi connectivity index (χ2n) is 8.02. The Morgan fingerprint density at radius 2 is 2.16 bits per heavy atom. The Kier molecular flexibility index (Phi) is 5.45. The molecule has 2 N–H and O–H groups in total. The van der Waals surface area contributed by atoms with Gasteiger partial charge in [0.05, 0.1) is 17.6 Å². The van der Waals surface area contributed by atoms with Crippen molar-refractivity contribution in [2.24, 2.45) is 7.05 Å². The van der Waals surface area contributed by atoms with Crippen molar-refractivity contribution in [3.05, 3.63) is 42.6 Å². The summed E-state index contributed by atoms with van der Waals surface area (Å²) in [6, 6.07) is 5.97. The van der Waals surface area contributed by atoms with Crippen molar-refractivity contribution in [2.45, 2.75) is 42.7 Å². The van der Waals surface area contributed by atoms with Crippen LogP contribution < -0.4 is 5.73 Å². The second-order valence-corrected chi connectivity index (χ2v) is 10.8. The zero-order valence-corrected chi connectivity index (χ0v) is 19.3. The summed E-state index contributed by atoms with van der Waals surface area (Å²) in [5, 5.41) is 0.878. The van der Waals surface area contributed by atoms with Crippen molar-refractivity contribution < 1.29 is 4.55 Å². The van der Waals surface area contributed by atoms with E-state index in [4.69, 9.17) is 15.7 Å². The van der Waals surface area contributed by atoms with Gasteiger partial charge in [-0.15, -0.1) is 0 Å². The summed E-state index contributed by atoms with van der Waals surface area (Å²) in [7, 11) is 2.06. The molecule has 1 saturated carbocycles. The van der Waals surface area contributed by atoms with Gasteiger partial charge in [0.1, 0.15) is 22.1 Å². The fourth-order valence-corrected chi connectivity index (χ4v) is 6.69. The summed E-state index contributed by atoms with van der Waals surface area (Å²) in [6.45, 7) is 2.10. The molecule has 0 spiro atoms. The van der Waals surface area contributed by atoms with Crippen LogP contribution in [0.4, 0.5) is 5.69 Å². The molecule has 1 unspecified atom stereocenters. The lowest BCUT2D eigenvalue weighted by atomic mass is 10.1. The molecule has 0 aliphatic heterocycles. The number of thiophene rings is 1. The third-order valence-corrected chi connectivity index (χ3v) is 8.75. The number of hydrogen-bond donors (Lipinski definition) is 1. The van der Waals surface area contributed by atoms with E-state index in [1.165, 1.54) is 24.2 Å². The molecule has 1 aliphatic carbocycles. The molecule has 1 aliphatic rings. The highest BCUT2D eigenvalue weighted by Crippen LogP contribution is 2.45. The van der Waals surface area contributed by atoms with Crippen molar-refractivity contribution in [3.8, 4) is 22.5 Å². The minimum atomic E-state index is -1.12. The highest BCUT2D eigenvalue weighted by Gasteiger charge is 2.30. The first-order valence-corrected chi connectivity index (χ1v) is 12.8. The van der Waals surface area contributed by atoms with E-state index in [1.807, 2.05) is 24.5 Å². The number of nitrogens with zero attached hydrogens (tertiary/aromatic N) is 4. The molecule has 4 aromatic rings. The van der Waals surface area contributed by atoms with E-state index >= 15 is 0 Å². The highest BCUT2D eigenvalue weighted by molar-refractivity contribution is 7.93. The Balaban J connectivity index is 1.72. The van der Waals surface area contributed by atoms with Gasteiger partial charge in [-0.1, -0.05) is 24.7 Å². The summed E-state index contributed by atoms with van der Waals surface area (Å²) in [6.07, 6.45) is 9.80. The largest absolute Gasteiger partial charge is 0.611 e. The number of nitrogens with two attached hydrogens (primary N) is 1. The third-order valence-electron chi connectivity index (χ3n) is 5.75. The van der Waals surface area contributed by atoms with Gasteiger partial charge in [-0.05, 0) is 48.6 Å². The fourth-order valence-electron chi connectivity index (χ4n) is 3.90. The van der Waals surface area contributed by atoms with Crippen LogP contribution in [0.3, 0.4) is 0 Å². The minimum Gasteiger partial charge on any atom is -0.611 e. The maximum Gasteiger partial charge on any atom is 0.232 e. The predicted molar refractivity (Wildman–Crippen MR) is 128 cm³/mol. The molecule has 1 atom stereocenters. The first-order valence-electron chi connectivity index (χ1n) is 10.6. The lowest BCUT2D eigenvalue weighted by Crippen LogP contribution is -2.07. The maximum absolute atomic E-state index is 13.0. The number of pyridine rings is 2. The molecule has 0 radical (unpaired) electrons. The molecule has 1 fully saturated rings. The molecule has 31 heavy (non-hydrogen) atoms. The molecule has 4 aromatic heterocycles. The van der Waals surface area contributed by atoms with E-state index in [0.717, 1.165) is 55.6 Å². The molecule has 0 aromatic carbocycles. The summed E-state index contributed by atoms with van der Waals surface area (Å²) in [4.78, 5) is 14.7. The number of fused-ring (bicyclic) bond motifs is 1. The monoisotopic (exact) mass is 451 g/mol. The van der Waals surface area contributed by atoms with Gasteiger partial charge >= 0.3 is 0 Å². The van der Waals surface area contributed by atoms with Crippen LogP contribution in [0.15, 0.2) is 41.0 Å². The molecule has 8 heteroatoms. The molecular weight excluding hydrogens is 426 g/mol. The SMILES string of the molecule is CCCC[S+]([O-])c1sc2nc(-c3cccnc3)cc(-c3cnc(C4CC4)n3C)c2c1N. The lowest BCUT2D eigenvalue weighted by Gasteiger charge is -2.10. The van der Waals surface area contributed by atoms with Gasteiger partial charge in [0, 0.05) is 41.9 Å². The molecule has 0 saturated heterocycles. The molecule has 5 rings (SSSR count). The van der Waals surface area contributed by atoms with E-state index < -0.39 is 11.2 Å². The van der Waals surface area contributed by atoms with Gasteiger partial charge in [0.2, 0.25) is 4.21 Å². The normalized spacial score (nSPS) is 14.9. The van der Waals surface area contributed by atoms with E-state index in [2.05, 4.69) is 29.6 Å². The zero-order valence-electron chi connectivity index (χ0n) is 17.7. The van der Waals surface area contributed by atoms with Gasteiger partial charge in [-0.25, -0.2) is 9.97 Å². The van der Waals surface area contributed by atoms with Crippen LogP contribution in [0.2, 0.25) is 0 Å². The maximum atomic E-state index is 13.0. The number of hydrogen-bond acceptors (Lipinski definition) is 6. The summed E-state index contributed by atoms with van der Waals surface area (Å²) >= 11 is 0.323. The average molecular weight is 452 g/mol. The Morgan fingerprint density at radius 1 is 1.32 bits per heavy atom. The highest BCUT2D eigenvalue weighted by atomic mass is 32.2. The van der Waals surface area contributed by atoms with Gasteiger partial charge in [-0.3, -0.25) is 4.98 Å². The summed E-state index contributed by atoms with van der Waals surface area (Å²) in [5.41, 5.74) is 11.0. The Labute approximate surface area is 188 Å². The van der Waals surface area contributed by atoms with Crippen LogP contribution in [-0.4, -0.2) is 29.8 Å². The van der Waals surface area contributed by atoms with Gasteiger partial charge < -0.3 is 14.9 Å². The van der Waals surface area contributed by atoms with Crippen molar-refractivity contribution in [3.63, 3.8) is 0 Å². The van der Waals surface area contributed by atoms with E-state index in [-0.39, 0.29) is 0 Å². The van der Waals surface area contributed by atoms with Crippen LogP contribution in [0.25, 0.3) is 32.7 Å². The van der Waals surface area contributed by atoms with Gasteiger partial charge in [0.25, 0.3) is 0 Å². The zero-order chi connectivity index (χ0) is 21.5. The van der Waals surface area contributed by atoms with Crippen molar-refractivity contribution in [1.29, 1.82) is 0 Å². The van der Waals surface area contributed by atoms with E-state index in [9.17, 15) is 4.55 Å². The average Bonchev–Trinajstić information content (AvgIpc) is 3.48. The number of anilines is 1. The van der Waals surface area contributed by atoms with Crippen LogP contribution in [0, 0.1) is 0 Å². The quantitative estimate of drug-likeness (QED) is 0.393. The van der Waals surface area contributed by atoms with Crippen LogP contribution in [-0.2, 0) is 18.2 Å². The van der Waals surface area contributed by atoms with Crippen molar-refractivity contribution in [2.75, 3.05) is 11.5 Å². The second kappa shape index (κ2) is 8.26. The smallest absolute Gasteiger partial charge is 0.232 e. The van der Waals surface area contributed by atoms with Crippen LogP contribution >= 0.6 is 11.3 Å². The van der Waals surface area contributed by atoms with Crippen LogP contribution in [0.5, 0.6) is 0 Å². The molecule has 0 bridgehead atoms. The number of unbranched alkanes of at least 4 members (excludes halogenated alkanes) is 1. The standard InChI is InChI=1S/C23H25N5OS2/c1-3-4-10-31(29)23-20(24)19-16(18-13-26-21(28(18)2)14-7-8-14)11-17(27-22(19)30-23)15-6-5-9-25-12-15/h5-6,9,11-14H,3-4,7-8,10,24H2,1-2H3. The minimum absolute atomic E-state index is 0.547. The predicted octanol–water partition coefficient (Wildman–Crippen LogP) is 5.13. The molecular formula is C23H25N5OS2. The third kappa shape index (κ3) is 3.73. The topological polar surface area (TPSA) is 92.7 Å². The molecule has 4 heterocycles. The number of aromatic nitrogens is 4. The van der Waals surface area contributed by atoms with E-state index in [0.29, 0.717) is 17.4 Å². The molecule has 160 valence electrons. The number of rotatable bonds is 7. The van der Waals surface area contributed by atoms with Gasteiger partial charge in [-0.2, -0.15) is 0 Å². The lowest BCUT2D eigenvalue weighted by molar-refractivity contribution is 0.594.